The molecule has 0 bridgehead atoms. The highest BCUT2D eigenvalue weighted by molar-refractivity contribution is 4.93. The number of hydrogen-bond acceptors (Lipinski definition) is 3. The minimum atomic E-state index is -0.128. The third-order valence-electron chi connectivity index (χ3n) is 4.26. The highest BCUT2D eigenvalue weighted by Crippen LogP contribution is 2.39. The van der Waals surface area contributed by atoms with Crippen LogP contribution in [0.1, 0.15) is 47.0 Å². The SMILES string of the molecule is CCN(C(C)COC)C1CC(O)CCC1(C)C. The molecule has 1 fully saturated rings. The fraction of sp³-hybridized carbons (Fsp3) is 1.00. The molecule has 3 atom stereocenters. The van der Waals surface area contributed by atoms with E-state index in [1.807, 2.05) is 0 Å². The molecule has 0 radical (unpaired) electrons. The van der Waals surface area contributed by atoms with Gasteiger partial charge in [0.1, 0.15) is 0 Å². The molecule has 102 valence electrons. The minimum Gasteiger partial charge on any atom is -0.393 e. The van der Waals surface area contributed by atoms with Crippen molar-refractivity contribution in [2.24, 2.45) is 5.41 Å². The van der Waals surface area contributed by atoms with Crippen LogP contribution in [0.2, 0.25) is 0 Å². The first-order chi connectivity index (χ1) is 7.92. The second-order valence-corrected chi connectivity index (χ2v) is 6.07. The van der Waals surface area contributed by atoms with Gasteiger partial charge < -0.3 is 9.84 Å². The van der Waals surface area contributed by atoms with Gasteiger partial charge in [0.2, 0.25) is 0 Å². The number of methoxy groups -OCH3 is 1. The zero-order valence-electron chi connectivity index (χ0n) is 12.1. The van der Waals surface area contributed by atoms with E-state index in [-0.39, 0.29) is 11.5 Å². The summed E-state index contributed by atoms with van der Waals surface area (Å²) in [4.78, 5) is 2.49. The van der Waals surface area contributed by atoms with Crippen LogP contribution in [0.4, 0.5) is 0 Å². The van der Waals surface area contributed by atoms with E-state index in [9.17, 15) is 5.11 Å². The van der Waals surface area contributed by atoms with E-state index in [0.717, 1.165) is 32.4 Å². The maximum absolute atomic E-state index is 9.91. The van der Waals surface area contributed by atoms with Crippen LogP contribution in [0.3, 0.4) is 0 Å². The third kappa shape index (κ3) is 3.67. The van der Waals surface area contributed by atoms with Gasteiger partial charge in [0, 0.05) is 19.2 Å². The molecular weight excluding hydrogens is 214 g/mol. The van der Waals surface area contributed by atoms with Crippen molar-refractivity contribution in [1.82, 2.24) is 4.90 Å². The molecule has 0 aromatic carbocycles. The van der Waals surface area contributed by atoms with E-state index in [4.69, 9.17) is 4.74 Å². The highest BCUT2D eigenvalue weighted by atomic mass is 16.5. The largest absolute Gasteiger partial charge is 0.393 e. The molecule has 0 spiro atoms. The van der Waals surface area contributed by atoms with Crippen LogP contribution in [-0.2, 0) is 4.74 Å². The zero-order valence-corrected chi connectivity index (χ0v) is 12.1. The van der Waals surface area contributed by atoms with Gasteiger partial charge >= 0.3 is 0 Å². The lowest BCUT2D eigenvalue weighted by Crippen LogP contribution is -2.54. The Balaban J connectivity index is 2.77. The number of likely N-dealkylation sites (N-methyl/N-ethyl adjacent to an activating group) is 1. The Morgan fingerprint density at radius 1 is 1.47 bits per heavy atom. The summed E-state index contributed by atoms with van der Waals surface area (Å²) >= 11 is 0. The first kappa shape index (κ1) is 14.9. The topological polar surface area (TPSA) is 32.7 Å². The van der Waals surface area contributed by atoms with E-state index in [2.05, 4.69) is 32.6 Å². The fourth-order valence-electron chi connectivity index (χ4n) is 3.16. The van der Waals surface area contributed by atoms with Crippen LogP contribution in [0.5, 0.6) is 0 Å². The second kappa shape index (κ2) is 6.17. The molecule has 0 aromatic rings. The Labute approximate surface area is 106 Å². The summed E-state index contributed by atoms with van der Waals surface area (Å²) in [6.07, 6.45) is 2.82. The van der Waals surface area contributed by atoms with E-state index >= 15 is 0 Å². The standard InChI is InChI=1S/C14H29NO2/c1-6-15(11(2)10-17-5)13-9-12(16)7-8-14(13,3)4/h11-13,16H,6-10H2,1-5H3. The van der Waals surface area contributed by atoms with E-state index in [1.165, 1.54) is 0 Å². The summed E-state index contributed by atoms with van der Waals surface area (Å²) in [6, 6.07) is 0.876. The first-order valence-electron chi connectivity index (χ1n) is 6.85. The maximum atomic E-state index is 9.91. The number of nitrogens with zero attached hydrogens (tertiary/aromatic N) is 1. The van der Waals surface area contributed by atoms with Gasteiger partial charge in [0.05, 0.1) is 12.7 Å². The van der Waals surface area contributed by atoms with Gasteiger partial charge in [-0.3, -0.25) is 4.90 Å². The molecule has 0 aromatic heterocycles. The third-order valence-corrected chi connectivity index (χ3v) is 4.26. The van der Waals surface area contributed by atoms with Crippen molar-refractivity contribution < 1.29 is 9.84 Å². The molecule has 0 amide bonds. The van der Waals surface area contributed by atoms with Gasteiger partial charge in [-0.15, -0.1) is 0 Å². The molecule has 1 saturated carbocycles. The van der Waals surface area contributed by atoms with Crippen LogP contribution < -0.4 is 0 Å². The van der Waals surface area contributed by atoms with Crippen molar-refractivity contribution in [3.05, 3.63) is 0 Å². The summed E-state index contributed by atoms with van der Waals surface area (Å²) in [7, 11) is 1.76. The Morgan fingerprint density at radius 3 is 2.65 bits per heavy atom. The van der Waals surface area contributed by atoms with Crippen LogP contribution in [0.15, 0.2) is 0 Å². The summed E-state index contributed by atoms with van der Waals surface area (Å²) in [5, 5.41) is 9.91. The van der Waals surface area contributed by atoms with Crippen molar-refractivity contribution in [3.63, 3.8) is 0 Å². The average Bonchev–Trinajstić information content (AvgIpc) is 2.25. The highest BCUT2D eigenvalue weighted by Gasteiger charge is 2.40. The van der Waals surface area contributed by atoms with Crippen molar-refractivity contribution in [2.45, 2.75) is 65.1 Å². The molecule has 1 aliphatic rings. The molecule has 17 heavy (non-hydrogen) atoms. The smallest absolute Gasteiger partial charge is 0.0615 e. The molecule has 3 nitrogen and oxygen atoms in total. The van der Waals surface area contributed by atoms with Crippen LogP contribution >= 0.6 is 0 Å². The van der Waals surface area contributed by atoms with Gasteiger partial charge in [-0.25, -0.2) is 0 Å². The number of aliphatic hydroxyl groups is 1. The molecule has 1 aliphatic carbocycles. The van der Waals surface area contributed by atoms with Crippen LogP contribution in [0, 0.1) is 5.41 Å². The Morgan fingerprint density at radius 2 is 2.12 bits per heavy atom. The lowest BCUT2D eigenvalue weighted by Gasteiger charge is -2.48. The molecule has 3 unspecified atom stereocenters. The van der Waals surface area contributed by atoms with Crippen LogP contribution in [0.25, 0.3) is 0 Å². The van der Waals surface area contributed by atoms with Gasteiger partial charge in [-0.2, -0.15) is 0 Å². The Kier molecular flexibility index (Phi) is 5.42. The zero-order chi connectivity index (χ0) is 13.1. The summed E-state index contributed by atoms with van der Waals surface area (Å²) in [5.41, 5.74) is 0.289. The van der Waals surface area contributed by atoms with E-state index in [1.54, 1.807) is 7.11 Å². The van der Waals surface area contributed by atoms with Crippen molar-refractivity contribution in [3.8, 4) is 0 Å². The van der Waals surface area contributed by atoms with Crippen molar-refractivity contribution in [2.75, 3.05) is 20.3 Å². The molecule has 0 heterocycles. The van der Waals surface area contributed by atoms with Gasteiger partial charge in [0.15, 0.2) is 0 Å². The van der Waals surface area contributed by atoms with Crippen molar-refractivity contribution in [1.29, 1.82) is 0 Å². The van der Waals surface area contributed by atoms with Gasteiger partial charge in [0.25, 0.3) is 0 Å². The summed E-state index contributed by atoms with van der Waals surface area (Å²) in [6.45, 7) is 10.8. The fourth-order valence-corrected chi connectivity index (χ4v) is 3.16. The number of aliphatic hydroxyl groups excluding tert-OH is 1. The minimum absolute atomic E-state index is 0.128. The number of ether oxygens (including phenoxy) is 1. The average molecular weight is 243 g/mol. The molecular formula is C14H29NO2. The maximum Gasteiger partial charge on any atom is 0.0615 e. The quantitative estimate of drug-likeness (QED) is 0.804. The van der Waals surface area contributed by atoms with Gasteiger partial charge in [-0.1, -0.05) is 20.8 Å². The van der Waals surface area contributed by atoms with E-state index in [0.29, 0.717) is 12.1 Å². The predicted molar refractivity (Wildman–Crippen MR) is 71.1 cm³/mol. The van der Waals surface area contributed by atoms with Crippen molar-refractivity contribution >= 4 is 0 Å². The predicted octanol–water partition coefficient (Wildman–Crippen LogP) is 2.28. The molecule has 1 rings (SSSR count). The molecule has 0 aliphatic heterocycles. The Hall–Kier alpha value is -0.120. The van der Waals surface area contributed by atoms with Gasteiger partial charge in [-0.05, 0) is 38.1 Å². The normalized spacial score (nSPS) is 30.5. The molecule has 1 N–H and O–H groups in total. The second-order valence-electron chi connectivity index (χ2n) is 6.07. The lowest BCUT2D eigenvalue weighted by molar-refractivity contribution is -0.0370. The van der Waals surface area contributed by atoms with Crippen LogP contribution in [-0.4, -0.2) is 48.5 Å². The lowest BCUT2D eigenvalue weighted by atomic mass is 9.71. The molecule has 3 heteroatoms. The summed E-state index contributed by atoms with van der Waals surface area (Å²) < 4.78 is 5.27. The molecule has 0 saturated heterocycles. The number of rotatable bonds is 5. The number of hydrogen-bond donors (Lipinski definition) is 1. The first-order valence-corrected chi connectivity index (χ1v) is 6.85. The Bertz CT molecular complexity index is 230. The monoisotopic (exact) mass is 243 g/mol. The van der Waals surface area contributed by atoms with E-state index < -0.39 is 0 Å². The summed E-state index contributed by atoms with van der Waals surface area (Å²) in [5.74, 6) is 0.